The van der Waals surface area contributed by atoms with Crippen molar-refractivity contribution in [3.8, 4) is 0 Å². The summed E-state index contributed by atoms with van der Waals surface area (Å²) in [5, 5.41) is 2.79. The van der Waals surface area contributed by atoms with Crippen molar-refractivity contribution < 1.29 is 18.0 Å². The number of hydrogen-bond donors (Lipinski definition) is 1. The second-order valence-electron chi connectivity index (χ2n) is 6.76. The molecule has 1 aliphatic carbocycles. The van der Waals surface area contributed by atoms with Gasteiger partial charge in [0, 0.05) is 6.20 Å². The van der Waals surface area contributed by atoms with Crippen molar-refractivity contribution in [1.29, 1.82) is 0 Å². The fraction of sp³-hybridized carbons (Fsp3) is 0.429. The molecule has 1 atom stereocenters. The molecule has 0 radical (unpaired) electrons. The van der Waals surface area contributed by atoms with Gasteiger partial charge in [0.25, 0.3) is 0 Å². The molecule has 1 heterocycles. The van der Waals surface area contributed by atoms with E-state index in [4.69, 9.17) is 0 Å². The molecule has 1 aliphatic rings. The molecule has 0 bridgehead atoms. The van der Waals surface area contributed by atoms with Crippen LogP contribution in [-0.4, -0.2) is 10.9 Å². The number of anilines is 1. The number of amides is 1. The topological polar surface area (TPSA) is 42.0 Å². The number of rotatable bonds is 5. The van der Waals surface area contributed by atoms with Gasteiger partial charge in [0.2, 0.25) is 5.91 Å². The molecule has 1 saturated carbocycles. The molecule has 0 aliphatic heterocycles. The maximum absolute atomic E-state index is 12.8. The van der Waals surface area contributed by atoms with E-state index in [-0.39, 0.29) is 13.3 Å². The Morgan fingerprint density at radius 1 is 1.11 bits per heavy atom. The first-order valence-corrected chi connectivity index (χ1v) is 8.82. The summed E-state index contributed by atoms with van der Waals surface area (Å²) in [7, 11) is 0. The van der Waals surface area contributed by atoms with E-state index in [1.165, 1.54) is 12.1 Å². The van der Waals surface area contributed by atoms with Gasteiger partial charge in [0.05, 0.1) is 11.5 Å². The minimum atomic E-state index is -4.38. The lowest BCUT2D eigenvalue weighted by atomic mass is 9.87. The molecule has 6 heteroatoms. The highest BCUT2D eigenvalue weighted by Crippen LogP contribution is 2.36. The second-order valence-corrected chi connectivity index (χ2v) is 6.76. The SMILES string of the molecule is C.O=C(Nc1ccccn1)C(CC1CCCC1)c1ccc(C(F)(F)F)cc1. The Hall–Kier alpha value is -2.37. The summed E-state index contributed by atoms with van der Waals surface area (Å²) in [6.45, 7) is 0. The number of halogens is 3. The van der Waals surface area contributed by atoms with Crippen molar-refractivity contribution in [2.24, 2.45) is 5.92 Å². The standard InChI is InChI=1S/C20H21F3N2O.CH4/c21-20(22,23)16-10-8-15(9-11-16)17(13-14-5-1-2-6-14)19(26)25-18-7-3-4-12-24-18;/h3-4,7-12,14,17H,1-2,5-6,13H2,(H,24,25,26);1H4. The number of carbonyl (C=O) groups excluding carboxylic acids is 1. The number of alkyl halides is 3. The molecule has 2 aromatic rings. The summed E-state index contributed by atoms with van der Waals surface area (Å²) in [4.78, 5) is 16.9. The molecule has 27 heavy (non-hydrogen) atoms. The van der Waals surface area contributed by atoms with Crippen molar-refractivity contribution in [1.82, 2.24) is 4.98 Å². The molecule has 1 N–H and O–H groups in total. The third kappa shape index (κ3) is 5.55. The van der Waals surface area contributed by atoms with E-state index in [0.717, 1.165) is 37.8 Å². The molecule has 1 aromatic heterocycles. The summed E-state index contributed by atoms with van der Waals surface area (Å²) >= 11 is 0. The molecule has 1 fully saturated rings. The van der Waals surface area contributed by atoms with E-state index in [9.17, 15) is 18.0 Å². The molecule has 3 nitrogen and oxygen atoms in total. The van der Waals surface area contributed by atoms with Gasteiger partial charge in [-0.3, -0.25) is 4.79 Å². The number of benzene rings is 1. The normalized spacial score (nSPS) is 15.8. The zero-order valence-corrected chi connectivity index (χ0v) is 14.3. The van der Waals surface area contributed by atoms with Crippen LogP contribution in [0, 0.1) is 5.92 Å². The average molecular weight is 378 g/mol. The zero-order chi connectivity index (χ0) is 18.6. The van der Waals surface area contributed by atoms with Gasteiger partial charge in [-0.15, -0.1) is 0 Å². The number of pyridine rings is 1. The van der Waals surface area contributed by atoms with Crippen LogP contribution in [0.15, 0.2) is 48.7 Å². The van der Waals surface area contributed by atoms with Crippen LogP contribution in [0.2, 0.25) is 0 Å². The fourth-order valence-electron chi connectivity index (χ4n) is 3.53. The largest absolute Gasteiger partial charge is 0.416 e. The van der Waals surface area contributed by atoms with Gasteiger partial charge in [0.1, 0.15) is 5.82 Å². The van der Waals surface area contributed by atoms with Crippen molar-refractivity contribution in [2.75, 3.05) is 5.32 Å². The van der Waals surface area contributed by atoms with Crippen molar-refractivity contribution in [2.45, 2.75) is 51.6 Å². The number of hydrogen-bond acceptors (Lipinski definition) is 2. The van der Waals surface area contributed by atoms with Crippen LogP contribution in [-0.2, 0) is 11.0 Å². The summed E-state index contributed by atoms with van der Waals surface area (Å²) in [5.41, 5.74) is -0.0932. The van der Waals surface area contributed by atoms with Crippen molar-refractivity contribution >= 4 is 11.7 Å². The Kier molecular flexibility index (Phi) is 6.99. The minimum Gasteiger partial charge on any atom is -0.310 e. The number of nitrogens with zero attached hydrogens (tertiary/aromatic N) is 1. The van der Waals surface area contributed by atoms with Crippen molar-refractivity contribution in [3.05, 3.63) is 59.8 Å². The Labute approximate surface area is 158 Å². The Morgan fingerprint density at radius 3 is 2.33 bits per heavy atom. The second kappa shape index (κ2) is 9.02. The minimum absolute atomic E-state index is 0. The quantitative estimate of drug-likeness (QED) is 0.689. The van der Waals surface area contributed by atoms with Gasteiger partial charge in [-0.2, -0.15) is 13.2 Å². The van der Waals surface area contributed by atoms with Crippen LogP contribution in [0.1, 0.15) is 56.6 Å². The van der Waals surface area contributed by atoms with Gasteiger partial charge in [-0.1, -0.05) is 51.3 Å². The average Bonchev–Trinajstić information content (AvgIpc) is 3.13. The lowest BCUT2D eigenvalue weighted by molar-refractivity contribution is -0.137. The first-order chi connectivity index (χ1) is 12.4. The summed E-state index contributed by atoms with van der Waals surface area (Å²) in [5.74, 6) is 0.162. The van der Waals surface area contributed by atoms with E-state index in [0.29, 0.717) is 23.7 Å². The Morgan fingerprint density at radius 2 is 1.78 bits per heavy atom. The smallest absolute Gasteiger partial charge is 0.310 e. The molecule has 1 unspecified atom stereocenters. The first-order valence-electron chi connectivity index (χ1n) is 8.82. The van der Waals surface area contributed by atoms with Crippen LogP contribution in [0.3, 0.4) is 0 Å². The summed E-state index contributed by atoms with van der Waals surface area (Å²) in [6.07, 6.45) is 2.26. The molecular weight excluding hydrogens is 353 g/mol. The molecule has 146 valence electrons. The highest BCUT2D eigenvalue weighted by molar-refractivity contribution is 5.95. The number of nitrogens with one attached hydrogen (secondary N) is 1. The van der Waals surface area contributed by atoms with Gasteiger partial charge in [-0.25, -0.2) is 4.98 Å². The van der Waals surface area contributed by atoms with Crippen LogP contribution < -0.4 is 5.32 Å². The van der Waals surface area contributed by atoms with Gasteiger partial charge in [-0.05, 0) is 42.2 Å². The molecule has 1 amide bonds. The third-order valence-electron chi connectivity index (χ3n) is 4.92. The molecule has 3 rings (SSSR count). The first kappa shape index (κ1) is 20.9. The van der Waals surface area contributed by atoms with Gasteiger partial charge >= 0.3 is 6.18 Å². The molecule has 0 spiro atoms. The van der Waals surface area contributed by atoms with Crippen LogP contribution >= 0.6 is 0 Å². The highest BCUT2D eigenvalue weighted by atomic mass is 19.4. The van der Waals surface area contributed by atoms with Crippen LogP contribution in [0.5, 0.6) is 0 Å². The predicted octanol–water partition coefficient (Wildman–Crippen LogP) is 6.04. The maximum atomic E-state index is 12.8. The fourth-order valence-corrected chi connectivity index (χ4v) is 3.53. The lowest BCUT2D eigenvalue weighted by Crippen LogP contribution is -2.23. The van der Waals surface area contributed by atoms with Crippen LogP contribution in [0.4, 0.5) is 19.0 Å². The summed E-state index contributed by atoms with van der Waals surface area (Å²) < 4.78 is 38.4. The maximum Gasteiger partial charge on any atom is 0.416 e. The van der Waals surface area contributed by atoms with Crippen molar-refractivity contribution in [3.63, 3.8) is 0 Å². The molecule has 1 aromatic carbocycles. The Balaban J connectivity index is 0.00000261. The van der Waals surface area contributed by atoms with Gasteiger partial charge < -0.3 is 5.32 Å². The van der Waals surface area contributed by atoms with Crippen LogP contribution in [0.25, 0.3) is 0 Å². The van der Waals surface area contributed by atoms with E-state index in [1.54, 1.807) is 24.4 Å². The van der Waals surface area contributed by atoms with Gasteiger partial charge in [0.15, 0.2) is 0 Å². The molecular formula is C21H25F3N2O. The van der Waals surface area contributed by atoms with E-state index < -0.39 is 17.7 Å². The third-order valence-corrected chi connectivity index (χ3v) is 4.92. The number of aromatic nitrogens is 1. The van der Waals surface area contributed by atoms with E-state index in [1.807, 2.05) is 0 Å². The lowest BCUT2D eigenvalue weighted by Gasteiger charge is -2.21. The van der Waals surface area contributed by atoms with E-state index in [2.05, 4.69) is 10.3 Å². The predicted molar refractivity (Wildman–Crippen MR) is 100 cm³/mol. The zero-order valence-electron chi connectivity index (χ0n) is 14.3. The highest BCUT2D eigenvalue weighted by Gasteiger charge is 2.31. The Bertz CT molecular complexity index is 723. The van der Waals surface area contributed by atoms with E-state index >= 15 is 0 Å². The number of carbonyl (C=O) groups is 1. The molecule has 0 saturated heterocycles. The summed E-state index contributed by atoms with van der Waals surface area (Å²) in [6, 6.07) is 10.1. The monoisotopic (exact) mass is 378 g/mol.